The number of nitrogens with one attached hydrogen (secondary N) is 2. The van der Waals surface area contributed by atoms with Crippen LogP contribution in [-0.4, -0.2) is 18.4 Å². The molecule has 0 radical (unpaired) electrons. The molecule has 0 spiro atoms. The first kappa shape index (κ1) is 17.9. The summed E-state index contributed by atoms with van der Waals surface area (Å²) >= 11 is 0. The molecule has 0 aromatic heterocycles. The predicted octanol–water partition coefficient (Wildman–Crippen LogP) is 2.14. The summed E-state index contributed by atoms with van der Waals surface area (Å²) in [5, 5.41) is 13.6. The van der Waals surface area contributed by atoms with Gasteiger partial charge in [0.1, 0.15) is 5.82 Å². The van der Waals surface area contributed by atoms with Gasteiger partial charge in [0.25, 0.3) is 0 Å². The second-order valence-corrected chi connectivity index (χ2v) is 5.16. The second kappa shape index (κ2) is 8.99. The van der Waals surface area contributed by atoms with E-state index in [2.05, 4.69) is 10.6 Å². The average Bonchev–Trinajstić information content (AvgIpc) is 2.64. The number of benzene rings is 2. The summed E-state index contributed by atoms with van der Waals surface area (Å²) in [6, 6.07) is 15.1. The maximum absolute atomic E-state index is 13.7. The van der Waals surface area contributed by atoms with E-state index in [1.807, 2.05) is 36.4 Å². The van der Waals surface area contributed by atoms with Gasteiger partial charge in [-0.3, -0.25) is 9.59 Å². The molecule has 126 valence electrons. The molecule has 0 bridgehead atoms. The van der Waals surface area contributed by atoms with Gasteiger partial charge < -0.3 is 10.6 Å². The van der Waals surface area contributed by atoms with Gasteiger partial charge in [0.05, 0.1) is 18.2 Å². The first-order valence-electron chi connectivity index (χ1n) is 7.54. The van der Waals surface area contributed by atoms with E-state index in [4.69, 9.17) is 5.26 Å². The Hall–Kier alpha value is -3.46. The molecular weight excluding hydrogens is 321 g/mol. The fourth-order valence-electron chi connectivity index (χ4n) is 1.98. The minimum absolute atomic E-state index is 0.0217. The lowest BCUT2D eigenvalue weighted by atomic mass is 10.1. The van der Waals surface area contributed by atoms with Crippen molar-refractivity contribution < 1.29 is 14.0 Å². The van der Waals surface area contributed by atoms with Crippen LogP contribution in [0, 0.1) is 17.1 Å². The van der Waals surface area contributed by atoms with Gasteiger partial charge in [-0.15, -0.1) is 0 Å². The maximum Gasteiger partial charge on any atom is 0.244 e. The number of halogens is 1. The zero-order valence-electron chi connectivity index (χ0n) is 13.3. The van der Waals surface area contributed by atoms with E-state index in [-0.39, 0.29) is 24.2 Å². The van der Waals surface area contributed by atoms with Crippen molar-refractivity contribution >= 4 is 17.9 Å². The highest BCUT2D eigenvalue weighted by atomic mass is 19.1. The summed E-state index contributed by atoms with van der Waals surface area (Å²) in [6.45, 7) is -0.234. The minimum Gasteiger partial charge on any atom is -0.350 e. The monoisotopic (exact) mass is 337 g/mol. The molecule has 0 aliphatic carbocycles. The Kier molecular flexibility index (Phi) is 6.43. The van der Waals surface area contributed by atoms with Gasteiger partial charge >= 0.3 is 0 Å². The van der Waals surface area contributed by atoms with E-state index in [0.717, 1.165) is 11.6 Å². The van der Waals surface area contributed by atoms with E-state index < -0.39 is 17.6 Å². The highest BCUT2D eigenvalue weighted by molar-refractivity contribution is 5.94. The van der Waals surface area contributed by atoms with Crippen LogP contribution in [0.2, 0.25) is 0 Å². The Morgan fingerprint density at radius 3 is 2.56 bits per heavy atom. The van der Waals surface area contributed by atoms with Gasteiger partial charge in [0.15, 0.2) is 0 Å². The summed E-state index contributed by atoms with van der Waals surface area (Å²) in [5.41, 5.74) is 1.35. The fraction of sp³-hybridized carbons (Fsp3) is 0.105. The van der Waals surface area contributed by atoms with E-state index >= 15 is 0 Å². The average molecular weight is 337 g/mol. The van der Waals surface area contributed by atoms with Gasteiger partial charge in [-0.2, -0.15) is 5.26 Å². The van der Waals surface area contributed by atoms with Gasteiger partial charge in [0.2, 0.25) is 11.8 Å². The van der Waals surface area contributed by atoms with Crippen LogP contribution < -0.4 is 10.6 Å². The Labute approximate surface area is 144 Å². The molecule has 2 amide bonds. The molecule has 2 aromatic carbocycles. The Bertz CT molecular complexity index is 826. The normalized spacial score (nSPS) is 10.2. The molecule has 2 aromatic rings. The SMILES string of the molecule is N#Cc1ccc(CNC(=O)CNC(=O)C=Cc2ccccc2)c(F)c1. The van der Waals surface area contributed by atoms with Gasteiger partial charge in [-0.25, -0.2) is 4.39 Å². The Balaban J connectivity index is 1.76. The Morgan fingerprint density at radius 2 is 1.88 bits per heavy atom. The topological polar surface area (TPSA) is 82.0 Å². The molecule has 2 rings (SSSR count). The van der Waals surface area contributed by atoms with Gasteiger partial charge in [-0.1, -0.05) is 36.4 Å². The lowest BCUT2D eigenvalue weighted by molar-refractivity contribution is -0.124. The van der Waals surface area contributed by atoms with Crippen molar-refractivity contribution in [2.24, 2.45) is 0 Å². The molecule has 0 fully saturated rings. The molecule has 2 N–H and O–H groups in total. The molecule has 6 heteroatoms. The predicted molar refractivity (Wildman–Crippen MR) is 91.4 cm³/mol. The molecule has 0 saturated carbocycles. The van der Waals surface area contributed by atoms with E-state index in [9.17, 15) is 14.0 Å². The van der Waals surface area contributed by atoms with Crippen molar-refractivity contribution in [3.63, 3.8) is 0 Å². The van der Waals surface area contributed by atoms with Crippen LogP contribution in [0.1, 0.15) is 16.7 Å². The van der Waals surface area contributed by atoms with Crippen LogP contribution in [-0.2, 0) is 16.1 Å². The van der Waals surface area contributed by atoms with E-state index in [0.29, 0.717) is 0 Å². The Morgan fingerprint density at radius 1 is 1.12 bits per heavy atom. The zero-order chi connectivity index (χ0) is 18.1. The minimum atomic E-state index is -0.561. The fourth-order valence-corrected chi connectivity index (χ4v) is 1.98. The number of nitriles is 1. The van der Waals surface area contributed by atoms with E-state index in [1.54, 1.807) is 6.08 Å². The summed E-state index contributed by atoms with van der Waals surface area (Å²) in [7, 11) is 0. The molecule has 0 aliphatic rings. The van der Waals surface area contributed by atoms with Crippen molar-refractivity contribution in [2.75, 3.05) is 6.54 Å². The van der Waals surface area contributed by atoms with Gasteiger partial charge in [-0.05, 0) is 23.8 Å². The largest absolute Gasteiger partial charge is 0.350 e. The third-order valence-corrected chi connectivity index (χ3v) is 3.31. The van der Waals surface area contributed by atoms with Crippen molar-refractivity contribution in [3.05, 3.63) is 77.1 Å². The van der Waals surface area contributed by atoms with Crippen LogP contribution >= 0.6 is 0 Å². The highest BCUT2D eigenvalue weighted by Crippen LogP contribution is 2.09. The number of hydrogen-bond acceptors (Lipinski definition) is 3. The smallest absolute Gasteiger partial charge is 0.244 e. The third-order valence-electron chi connectivity index (χ3n) is 3.31. The molecule has 0 aliphatic heterocycles. The molecule has 25 heavy (non-hydrogen) atoms. The van der Waals surface area contributed by atoms with Crippen LogP contribution in [0.25, 0.3) is 6.08 Å². The lowest BCUT2D eigenvalue weighted by Crippen LogP contribution is -2.36. The second-order valence-electron chi connectivity index (χ2n) is 5.16. The summed E-state index contributed by atoms with van der Waals surface area (Å²) in [6.07, 6.45) is 2.97. The first-order valence-corrected chi connectivity index (χ1v) is 7.54. The number of carbonyl (C=O) groups is 2. The number of carbonyl (C=O) groups excluding carboxylic acids is 2. The van der Waals surface area contributed by atoms with Crippen molar-refractivity contribution in [1.82, 2.24) is 10.6 Å². The summed E-state index contributed by atoms with van der Waals surface area (Å²) in [5.74, 6) is -1.40. The highest BCUT2D eigenvalue weighted by Gasteiger charge is 2.07. The quantitative estimate of drug-likeness (QED) is 0.793. The van der Waals surface area contributed by atoms with Crippen molar-refractivity contribution in [2.45, 2.75) is 6.54 Å². The van der Waals surface area contributed by atoms with Crippen LogP contribution in [0.15, 0.2) is 54.6 Å². The number of hydrogen-bond donors (Lipinski definition) is 2. The molecule has 0 heterocycles. The lowest BCUT2D eigenvalue weighted by Gasteiger charge is -2.07. The molecular formula is C19H16FN3O2. The van der Waals surface area contributed by atoms with Crippen molar-refractivity contribution in [3.8, 4) is 6.07 Å². The molecule has 0 atom stereocenters. The zero-order valence-corrected chi connectivity index (χ0v) is 13.3. The van der Waals surface area contributed by atoms with Crippen LogP contribution in [0.3, 0.4) is 0 Å². The van der Waals surface area contributed by atoms with E-state index in [1.165, 1.54) is 18.2 Å². The number of nitrogens with zero attached hydrogens (tertiary/aromatic N) is 1. The molecule has 0 unspecified atom stereocenters. The summed E-state index contributed by atoms with van der Waals surface area (Å²) in [4.78, 5) is 23.4. The maximum atomic E-state index is 13.7. The molecule has 5 nitrogen and oxygen atoms in total. The number of amides is 2. The van der Waals surface area contributed by atoms with Crippen molar-refractivity contribution in [1.29, 1.82) is 5.26 Å². The summed E-state index contributed by atoms with van der Waals surface area (Å²) < 4.78 is 13.7. The third kappa shape index (κ3) is 5.92. The standard InChI is InChI=1S/C19H16FN3O2/c20-17-10-15(11-21)6-8-16(17)12-22-19(25)13-23-18(24)9-7-14-4-2-1-3-5-14/h1-10H,12-13H2,(H,22,25)(H,23,24). The first-order chi connectivity index (χ1) is 12.1. The number of rotatable bonds is 6. The van der Waals surface area contributed by atoms with Crippen LogP contribution in [0.5, 0.6) is 0 Å². The van der Waals surface area contributed by atoms with Crippen LogP contribution in [0.4, 0.5) is 4.39 Å². The molecule has 0 saturated heterocycles. The van der Waals surface area contributed by atoms with Gasteiger partial charge in [0, 0.05) is 18.2 Å².